The van der Waals surface area contributed by atoms with Crippen molar-refractivity contribution in [3.05, 3.63) is 29.8 Å². The molecule has 1 aliphatic rings. The molecule has 1 aromatic carbocycles. The summed E-state index contributed by atoms with van der Waals surface area (Å²) in [4.78, 5) is 14.8. The lowest BCUT2D eigenvalue weighted by Crippen LogP contribution is -2.40. The minimum absolute atomic E-state index is 0.0229. The quantitative estimate of drug-likeness (QED) is 0.562. The standard InChI is InChI=1S/C18H27N3O3S/c1-4-19-18(25)21-11-14(13-7-5-6-8-16(13)24-3)15(12-21)17(22)20-9-10-23-2/h5-8,14-15H,4,9-12H2,1-3H3,(H,19,25)(H,20,22)/t14-,15-/m1/s1. The van der Waals surface area contributed by atoms with E-state index < -0.39 is 0 Å². The predicted molar refractivity (Wildman–Crippen MR) is 102 cm³/mol. The van der Waals surface area contributed by atoms with Crippen molar-refractivity contribution in [2.75, 3.05) is 47.0 Å². The van der Waals surface area contributed by atoms with E-state index in [1.54, 1.807) is 14.2 Å². The summed E-state index contributed by atoms with van der Waals surface area (Å²) < 4.78 is 10.5. The number of carbonyl (C=O) groups excluding carboxylic acids is 1. The summed E-state index contributed by atoms with van der Waals surface area (Å²) in [5.74, 6) is 0.660. The molecule has 1 amide bonds. The van der Waals surface area contributed by atoms with E-state index in [-0.39, 0.29) is 17.7 Å². The van der Waals surface area contributed by atoms with Crippen LogP contribution < -0.4 is 15.4 Å². The van der Waals surface area contributed by atoms with Gasteiger partial charge in [0.25, 0.3) is 0 Å². The largest absolute Gasteiger partial charge is 0.496 e. The summed E-state index contributed by atoms with van der Waals surface area (Å²) in [6.07, 6.45) is 0. The van der Waals surface area contributed by atoms with Gasteiger partial charge in [0.15, 0.2) is 5.11 Å². The molecule has 2 atom stereocenters. The number of hydrogen-bond donors (Lipinski definition) is 2. The van der Waals surface area contributed by atoms with Gasteiger partial charge in [0.05, 0.1) is 19.6 Å². The van der Waals surface area contributed by atoms with Crippen LogP contribution in [0, 0.1) is 5.92 Å². The van der Waals surface area contributed by atoms with Crippen molar-refractivity contribution in [3.8, 4) is 5.75 Å². The van der Waals surface area contributed by atoms with E-state index >= 15 is 0 Å². The molecule has 0 radical (unpaired) electrons. The molecule has 2 rings (SSSR count). The Morgan fingerprint density at radius 2 is 2.04 bits per heavy atom. The number of nitrogens with one attached hydrogen (secondary N) is 2. The molecule has 2 N–H and O–H groups in total. The van der Waals surface area contributed by atoms with Crippen LogP contribution in [0.15, 0.2) is 24.3 Å². The molecule has 0 saturated carbocycles. The fourth-order valence-corrected chi connectivity index (χ4v) is 3.49. The van der Waals surface area contributed by atoms with Gasteiger partial charge in [-0.05, 0) is 30.8 Å². The number of nitrogens with zero attached hydrogens (tertiary/aromatic N) is 1. The molecule has 0 aromatic heterocycles. The first kappa shape index (κ1) is 19.5. The Bertz CT molecular complexity index is 597. The second-order valence-electron chi connectivity index (χ2n) is 5.98. The molecule has 25 heavy (non-hydrogen) atoms. The predicted octanol–water partition coefficient (Wildman–Crippen LogP) is 1.37. The lowest BCUT2D eigenvalue weighted by Gasteiger charge is -2.20. The third-order valence-corrected chi connectivity index (χ3v) is 4.82. The van der Waals surface area contributed by atoms with Crippen molar-refractivity contribution in [2.45, 2.75) is 12.8 Å². The Kier molecular flexibility index (Phi) is 7.46. The summed E-state index contributed by atoms with van der Waals surface area (Å²) in [6.45, 7) is 5.05. The minimum atomic E-state index is -0.190. The lowest BCUT2D eigenvalue weighted by atomic mass is 9.87. The second-order valence-corrected chi connectivity index (χ2v) is 6.37. The van der Waals surface area contributed by atoms with Crippen molar-refractivity contribution >= 4 is 23.2 Å². The SMILES string of the molecule is CCNC(=S)N1C[C@H](c2ccccc2OC)[C@H](C(=O)NCCOC)C1. The van der Waals surface area contributed by atoms with E-state index in [0.717, 1.165) is 17.9 Å². The molecule has 138 valence electrons. The highest BCUT2D eigenvalue weighted by atomic mass is 32.1. The first-order chi connectivity index (χ1) is 12.1. The highest BCUT2D eigenvalue weighted by molar-refractivity contribution is 7.80. The minimum Gasteiger partial charge on any atom is -0.496 e. The Labute approximate surface area is 154 Å². The number of carbonyl (C=O) groups is 1. The van der Waals surface area contributed by atoms with Crippen LogP contribution in [0.1, 0.15) is 18.4 Å². The van der Waals surface area contributed by atoms with Gasteiger partial charge in [-0.25, -0.2) is 0 Å². The molecule has 0 aliphatic carbocycles. The second kappa shape index (κ2) is 9.58. The summed E-state index contributed by atoms with van der Waals surface area (Å²) in [7, 11) is 3.28. The van der Waals surface area contributed by atoms with E-state index in [1.807, 2.05) is 31.2 Å². The third kappa shape index (κ3) is 4.83. The van der Waals surface area contributed by atoms with Gasteiger partial charge in [0.1, 0.15) is 5.75 Å². The van der Waals surface area contributed by atoms with Crippen molar-refractivity contribution < 1.29 is 14.3 Å². The average molecular weight is 365 g/mol. The number of rotatable bonds is 7. The molecule has 0 spiro atoms. The highest BCUT2D eigenvalue weighted by Gasteiger charge is 2.40. The number of methoxy groups -OCH3 is 2. The van der Waals surface area contributed by atoms with Crippen LogP contribution in [-0.4, -0.2) is 62.9 Å². The van der Waals surface area contributed by atoms with E-state index in [4.69, 9.17) is 21.7 Å². The van der Waals surface area contributed by atoms with Crippen LogP contribution in [0.2, 0.25) is 0 Å². The van der Waals surface area contributed by atoms with E-state index in [1.165, 1.54) is 0 Å². The highest BCUT2D eigenvalue weighted by Crippen LogP contribution is 2.37. The summed E-state index contributed by atoms with van der Waals surface area (Å²) in [5.41, 5.74) is 1.04. The van der Waals surface area contributed by atoms with Crippen molar-refractivity contribution in [1.82, 2.24) is 15.5 Å². The van der Waals surface area contributed by atoms with Crippen LogP contribution >= 0.6 is 12.2 Å². The maximum absolute atomic E-state index is 12.7. The van der Waals surface area contributed by atoms with Crippen LogP contribution in [0.4, 0.5) is 0 Å². The number of para-hydroxylation sites is 1. The molecule has 1 fully saturated rings. The maximum Gasteiger partial charge on any atom is 0.225 e. The summed E-state index contributed by atoms with van der Waals surface area (Å²) in [6, 6.07) is 7.87. The Morgan fingerprint density at radius 3 is 2.72 bits per heavy atom. The molecule has 6 nitrogen and oxygen atoms in total. The van der Waals surface area contributed by atoms with Crippen molar-refractivity contribution in [3.63, 3.8) is 0 Å². The number of benzene rings is 1. The van der Waals surface area contributed by atoms with E-state index in [0.29, 0.717) is 31.4 Å². The van der Waals surface area contributed by atoms with Gasteiger partial charge in [0.2, 0.25) is 5.91 Å². The van der Waals surface area contributed by atoms with Crippen LogP contribution in [0.25, 0.3) is 0 Å². The maximum atomic E-state index is 12.7. The van der Waals surface area contributed by atoms with Gasteiger partial charge in [-0.1, -0.05) is 18.2 Å². The fraction of sp³-hybridized carbons (Fsp3) is 0.556. The topological polar surface area (TPSA) is 62.8 Å². The molecular formula is C18H27N3O3S. The number of thiocarbonyl (C=S) groups is 1. The Hall–Kier alpha value is -1.86. The first-order valence-corrected chi connectivity index (χ1v) is 8.95. The van der Waals surface area contributed by atoms with Crippen LogP contribution in [0.3, 0.4) is 0 Å². The molecule has 0 unspecified atom stereocenters. The van der Waals surface area contributed by atoms with Gasteiger partial charge in [-0.3, -0.25) is 4.79 Å². The molecule has 1 aliphatic heterocycles. The van der Waals surface area contributed by atoms with Crippen LogP contribution in [-0.2, 0) is 9.53 Å². The zero-order valence-corrected chi connectivity index (χ0v) is 15.9. The molecule has 1 heterocycles. The number of likely N-dealkylation sites (tertiary alicyclic amines) is 1. The third-order valence-electron chi connectivity index (χ3n) is 4.42. The molecule has 0 bridgehead atoms. The summed E-state index contributed by atoms with van der Waals surface area (Å²) >= 11 is 5.45. The normalized spacial score (nSPS) is 19.6. The van der Waals surface area contributed by atoms with Crippen LogP contribution in [0.5, 0.6) is 5.75 Å². The van der Waals surface area contributed by atoms with Crippen molar-refractivity contribution in [2.24, 2.45) is 5.92 Å². The number of amides is 1. The molecule has 1 aromatic rings. The van der Waals surface area contributed by atoms with Crippen molar-refractivity contribution in [1.29, 1.82) is 0 Å². The lowest BCUT2D eigenvalue weighted by molar-refractivity contribution is -0.125. The average Bonchev–Trinajstić information content (AvgIpc) is 3.07. The van der Waals surface area contributed by atoms with Gasteiger partial charge >= 0.3 is 0 Å². The fourth-order valence-electron chi connectivity index (χ4n) is 3.19. The van der Waals surface area contributed by atoms with E-state index in [9.17, 15) is 4.79 Å². The van der Waals surface area contributed by atoms with Gasteiger partial charge in [-0.15, -0.1) is 0 Å². The zero-order valence-electron chi connectivity index (χ0n) is 15.1. The number of hydrogen-bond acceptors (Lipinski definition) is 4. The van der Waals surface area contributed by atoms with Gasteiger partial charge in [-0.2, -0.15) is 0 Å². The summed E-state index contributed by atoms with van der Waals surface area (Å²) in [5, 5.41) is 6.82. The van der Waals surface area contributed by atoms with Gasteiger partial charge in [0, 0.05) is 39.2 Å². The molecule has 7 heteroatoms. The molecular weight excluding hydrogens is 338 g/mol. The monoisotopic (exact) mass is 365 g/mol. The van der Waals surface area contributed by atoms with Gasteiger partial charge < -0.3 is 25.0 Å². The smallest absolute Gasteiger partial charge is 0.225 e. The Balaban J connectivity index is 2.22. The Morgan fingerprint density at radius 1 is 1.28 bits per heavy atom. The molecule has 1 saturated heterocycles. The zero-order chi connectivity index (χ0) is 18.2. The number of ether oxygens (including phenoxy) is 2. The van der Waals surface area contributed by atoms with E-state index in [2.05, 4.69) is 15.5 Å². The first-order valence-electron chi connectivity index (χ1n) is 8.54.